The summed E-state index contributed by atoms with van der Waals surface area (Å²) >= 11 is 11.7. The van der Waals surface area contributed by atoms with Crippen LogP contribution in [0.2, 0.25) is 10.0 Å². The highest BCUT2D eigenvalue weighted by molar-refractivity contribution is 6.42. The van der Waals surface area contributed by atoms with Gasteiger partial charge in [0.05, 0.1) is 28.2 Å². The molecule has 1 fully saturated rings. The van der Waals surface area contributed by atoms with Crippen molar-refractivity contribution in [2.75, 3.05) is 11.4 Å². The first-order valence-electron chi connectivity index (χ1n) is 5.67. The van der Waals surface area contributed by atoms with Crippen LogP contribution in [-0.2, 0) is 9.59 Å². The highest BCUT2D eigenvalue weighted by atomic mass is 35.5. The van der Waals surface area contributed by atoms with Gasteiger partial charge in [-0.15, -0.1) is 0 Å². The molecular formula is C12H9Cl2N3O2. The van der Waals surface area contributed by atoms with Crippen molar-refractivity contribution in [3.05, 3.63) is 28.2 Å². The Morgan fingerprint density at radius 1 is 1.32 bits per heavy atom. The number of halogens is 2. The number of amides is 2. The van der Waals surface area contributed by atoms with Crippen LogP contribution in [0.4, 0.5) is 5.69 Å². The van der Waals surface area contributed by atoms with Gasteiger partial charge in [-0.1, -0.05) is 23.2 Å². The summed E-state index contributed by atoms with van der Waals surface area (Å²) < 4.78 is 0. The van der Waals surface area contributed by atoms with E-state index < -0.39 is 11.5 Å². The van der Waals surface area contributed by atoms with Crippen LogP contribution in [0, 0.1) is 5.92 Å². The molecule has 0 saturated carbocycles. The molecule has 2 aliphatic heterocycles. The zero-order valence-electron chi connectivity index (χ0n) is 9.93. The molecule has 1 aromatic carbocycles. The first kappa shape index (κ1) is 12.6. The zero-order valence-corrected chi connectivity index (χ0v) is 11.4. The van der Waals surface area contributed by atoms with E-state index in [4.69, 9.17) is 23.2 Å². The van der Waals surface area contributed by atoms with Gasteiger partial charge in [0.1, 0.15) is 0 Å². The Balaban J connectivity index is 2.07. The molecule has 0 N–H and O–H groups in total. The summed E-state index contributed by atoms with van der Waals surface area (Å²) in [7, 11) is 0. The third-order valence-corrected chi connectivity index (χ3v) is 4.28. The molecule has 19 heavy (non-hydrogen) atoms. The maximum Gasteiger partial charge on any atom is 0.264 e. The Kier molecular flexibility index (Phi) is 2.66. The summed E-state index contributed by atoms with van der Waals surface area (Å²) in [5.74, 6) is -1.19. The summed E-state index contributed by atoms with van der Waals surface area (Å²) in [6, 6.07) is 4.64. The van der Waals surface area contributed by atoms with Crippen molar-refractivity contribution in [1.29, 1.82) is 0 Å². The van der Waals surface area contributed by atoms with E-state index in [2.05, 4.69) is 10.2 Å². The van der Waals surface area contributed by atoms with Crippen LogP contribution in [0.25, 0.3) is 0 Å². The fourth-order valence-corrected chi connectivity index (χ4v) is 2.67. The van der Waals surface area contributed by atoms with E-state index in [-0.39, 0.29) is 18.4 Å². The summed E-state index contributed by atoms with van der Waals surface area (Å²) in [5.41, 5.74) is -0.668. The van der Waals surface area contributed by atoms with Gasteiger partial charge in [-0.3, -0.25) is 9.59 Å². The van der Waals surface area contributed by atoms with Crippen molar-refractivity contribution >= 4 is 40.7 Å². The Morgan fingerprint density at radius 2 is 2.05 bits per heavy atom. The van der Waals surface area contributed by atoms with Crippen LogP contribution in [0.5, 0.6) is 0 Å². The van der Waals surface area contributed by atoms with Crippen LogP contribution >= 0.6 is 23.2 Å². The van der Waals surface area contributed by atoms with Crippen LogP contribution in [0.1, 0.15) is 6.92 Å². The SMILES string of the molecule is CC12N=NCC1C(=O)N(c1ccc(Cl)c(Cl)c1)C2=O. The molecule has 0 aliphatic carbocycles. The lowest BCUT2D eigenvalue weighted by atomic mass is 9.90. The Bertz CT molecular complexity index is 631. The number of imide groups is 1. The molecule has 1 saturated heterocycles. The second-order valence-electron chi connectivity index (χ2n) is 4.70. The molecule has 2 unspecified atom stereocenters. The zero-order chi connectivity index (χ0) is 13.8. The molecule has 2 aliphatic rings. The summed E-state index contributed by atoms with van der Waals surface area (Å²) in [5, 5.41) is 8.41. The number of nitrogens with zero attached hydrogens (tertiary/aromatic N) is 3. The second kappa shape index (κ2) is 4.02. The van der Waals surface area contributed by atoms with Gasteiger partial charge in [0.25, 0.3) is 5.91 Å². The van der Waals surface area contributed by atoms with E-state index in [1.54, 1.807) is 19.1 Å². The normalized spacial score (nSPS) is 29.2. The lowest BCUT2D eigenvalue weighted by Crippen LogP contribution is -2.37. The molecule has 0 spiro atoms. The van der Waals surface area contributed by atoms with E-state index in [1.165, 1.54) is 6.07 Å². The standard InChI is InChI=1S/C12H9Cl2N3O2/c1-12-7(5-15-16-12)10(18)17(11(12)19)6-2-3-8(13)9(14)4-6/h2-4,7H,5H2,1H3. The summed E-state index contributed by atoms with van der Waals surface area (Å²) in [6.45, 7) is 1.88. The van der Waals surface area contributed by atoms with Crippen LogP contribution < -0.4 is 4.90 Å². The first-order valence-corrected chi connectivity index (χ1v) is 6.43. The average molecular weight is 298 g/mol. The molecule has 2 amide bonds. The number of azo groups is 1. The molecule has 0 aromatic heterocycles. The van der Waals surface area contributed by atoms with Crippen molar-refractivity contribution in [2.24, 2.45) is 16.1 Å². The van der Waals surface area contributed by atoms with E-state index in [0.717, 1.165) is 4.90 Å². The minimum Gasteiger partial charge on any atom is -0.274 e. The lowest BCUT2D eigenvalue weighted by Gasteiger charge is -2.17. The van der Waals surface area contributed by atoms with Gasteiger partial charge in [0.15, 0.2) is 5.54 Å². The Hall–Kier alpha value is -1.46. The Morgan fingerprint density at radius 3 is 2.68 bits per heavy atom. The molecule has 5 nitrogen and oxygen atoms in total. The van der Waals surface area contributed by atoms with Gasteiger partial charge in [-0.05, 0) is 25.1 Å². The predicted molar refractivity (Wildman–Crippen MR) is 70.6 cm³/mol. The maximum atomic E-state index is 12.4. The van der Waals surface area contributed by atoms with Gasteiger partial charge in [-0.2, -0.15) is 10.2 Å². The fourth-order valence-electron chi connectivity index (χ4n) is 2.38. The number of anilines is 1. The highest BCUT2D eigenvalue weighted by Gasteiger charge is 2.59. The molecule has 0 bridgehead atoms. The quantitative estimate of drug-likeness (QED) is 0.748. The Labute approximate surface area is 119 Å². The monoisotopic (exact) mass is 297 g/mol. The lowest BCUT2D eigenvalue weighted by molar-refractivity contribution is -0.122. The van der Waals surface area contributed by atoms with Crippen molar-refractivity contribution in [2.45, 2.75) is 12.5 Å². The number of hydrogen-bond donors (Lipinski definition) is 0. The van der Waals surface area contributed by atoms with E-state index in [1.807, 2.05) is 0 Å². The number of carbonyl (C=O) groups excluding carboxylic acids is 2. The number of carbonyl (C=O) groups is 2. The van der Waals surface area contributed by atoms with Gasteiger partial charge in [0, 0.05) is 0 Å². The largest absolute Gasteiger partial charge is 0.274 e. The third-order valence-electron chi connectivity index (χ3n) is 3.54. The molecular weight excluding hydrogens is 289 g/mol. The maximum absolute atomic E-state index is 12.4. The van der Waals surface area contributed by atoms with Crippen LogP contribution in [0.3, 0.4) is 0 Å². The van der Waals surface area contributed by atoms with Gasteiger partial charge in [0.2, 0.25) is 5.91 Å². The van der Waals surface area contributed by atoms with Gasteiger partial charge < -0.3 is 0 Å². The smallest absolute Gasteiger partial charge is 0.264 e. The van der Waals surface area contributed by atoms with Crippen LogP contribution in [-0.4, -0.2) is 23.9 Å². The summed E-state index contributed by atoms with van der Waals surface area (Å²) in [6.07, 6.45) is 0. The van der Waals surface area contributed by atoms with E-state index in [9.17, 15) is 9.59 Å². The first-order chi connectivity index (χ1) is 8.95. The molecule has 7 heteroatoms. The third kappa shape index (κ3) is 1.61. The van der Waals surface area contributed by atoms with Gasteiger partial charge >= 0.3 is 0 Å². The molecule has 2 heterocycles. The van der Waals surface area contributed by atoms with Crippen molar-refractivity contribution in [1.82, 2.24) is 0 Å². The minimum atomic E-state index is -1.08. The fraction of sp³-hybridized carbons (Fsp3) is 0.333. The minimum absolute atomic E-state index is 0.249. The number of hydrogen-bond acceptors (Lipinski definition) is 4. The number of rotatable bonds is 1. The van der Waals surface area contributed by atoms with E-state index >= 15 is 0 Å². The van der Waals surface area contributed by atoms with Crippen LogP contribution in [0.15, 0.2) is 28.4 Å². The molecule has 0 radical (unpaired) electrons. The van der Waals surface area contributed by atoms with E-state index in [0.29, 0.717) is 15.7 Å². The van der Waals surface area contributed by atoms with Gasteiger partial charge in [-0.25, -0.2) is 4.90 Å². The van der Waals surface area contributed by atoms with Crippen molar-refractivity contribution < 1.29 is 9.59 Å². The number of fused-ring (bicyclic) bond motifs is 1. The highest BCUT2D eigenvalue weighted by Crippen LogP contribution is 2.41. The molecule has 98 valence electrons. The molecule has 1 aromatic rings. The topological polar surface area (TPSA) is 62.1 Å². The second-order valence-corrected chi connectivity index (χ2v) is 5.52. The van der Waals surface area contributed by atoms with Crippen molar-refractivity contribution in [3.63, 3.8) is 0 Å². The molecule has 2 atom stereocenters. The number of benzene rings is 1. The summed E-state index contributed by atoms with van der Waals surface area (Å²) in [4.78, 5) is 25.8. The molecule has 3 rings (SSSR count). The van der Waals surface area contributed by atoms with Crippen molar-refractivity contribution in [3.8, 4) is 0 Å². The average Bonchev–Trinajstić information content (AvgIpc) is 2.83. The predicted octanol–water partition coefficient (Wildman–Crippen LogP) is 2.71.